The van der Waals surface area contributed by atoms with Crippen LogP contribution in [0.2, 0.25) is 0 Å². The maximum Gasteiger partial charge on any atom is 0.245 e. The Bertz CT molecular complexity index is 1130. The molecule has 2 aromatic rings. The van der Waals surface area contributed by atoms with Crippen LogP contribution in [0.15, 0.2) is 54.6 Å². The topological polar surface area (TPSA) is 81.8 Å². The van der Waals surface area contributed by atoms with Crippen molar-refractivity contribution >= 4 is 23.4 Å². The highest BCUT2D eigenvalue weighted by Gasteiger charge is 2.47. The lowest BCUT2D eigenvalue weighted by Gasteiger charge is -2.39. The van der Waals surface area contributed by atoms with E-state index in [4.69, 9.17) is 0 Å². The van der Waals surface area contributed by atoms with Crippen LogP contribution in [0, 0.1) is 5.92 Å². The van der Waals surface area contributed by atoms with Crippen LogP contribution < -0.4 is 15.5 Å². The van der Waals surface area contributed by atoms with E-state index in [1.807, 2.05) is 78.2 Å². The Labute approximate surface area is 219 Å². The van der Waals surface area contributed by atoms with E-state index in [2.05, 4.69) is 10.6 Å². The van der Waals surface area contributed by atoms with Crippen molar-refractivity contribution in [2.75, 3.05) is 31.1 Å². The van der Waals surface area contributed by atoms with Crippen LogP contribution in [0.1, 0.15) is 50.7 Å². The highest BCUT2D eigenvalue weighted by Crippen LogP contribution is 2.43. The number of rotatable bonds is 6. The van der Waals surface area contributed by atoms with E-state index < -0.39 is 11.5 Å². The SMILES string of the molecule is CC1(C)C(=O)N(C2CCN(C(=O)[C@H](Cc3ccccc3)NC(=O)C3CCNCC3)CC2)c2ccccc21. The zero-order valence-electron chi connectivity index (χ0n) is 21.9. The summed E-state index contributed by atoms with van der Waals surface area (Å²) in [4.78, 5) is 44.0. The number of fused-ring (bicyclic) bond motifs is 1. The number of hydrogen-bond acceptors (Lipinski definition) is 4. The third-order valence-electron chi connectivity index (χ3n) is 8.34. The minimum absolute atomic E-state index is 0.0211. The van der Waals surface area contributed by atoms with Crippen LogP contribution in [0.4, 0.5) is 5.69 Å². The summed E-state index contributed by atoms with van der Waals surface area (Å²) < 4.78 is 0. The number of nitrogens with zero attached hydrogens (tertiary/aromatic N) is 2. The van der Waals surface area contributed by atoms with E-state index >= 15 is 0 Å². The first kappa shape index (κ1) is 25.5. The summed E-state index contributed by atoms with van der Waals surface area (Å²) in [5.74, 6) is 0.0301. The van der Waals surface area contributed by atoms with Gasteiger partial charge in [0.1, 0.15) is 6.04 Å². The molecule has 0 unspecified atom stereocenters. The van der Waals surface area contributed by atoms with Crippen molar-refractivity contribution in [1.82, 2.24) is 15.5 Å². The van der Waals surface area contributed by atoms with Crippen LogP contribution in [-0.4, -0.2) is 60.9 Å². The van der Waals surface area contributed by atoms with Crippen molar-refractivity contribution in [2.24, 2.45) is 5.92 Å². The van der Waals surface area contributed by atoms with E-state index in [-0.39, 0.29) is 29.7 Å². The first-order chi connectivity index (χ1) is 17.9. The summed E-state index contributed by atoms with van der Waals surface area (Å²) in [6.07, 6.45) is 3.52. The van der Waals surface area contributed by atoms with Gasteiger partial charge in [0.25, 0.3) is 0 Å². The first-order valence-electron chi connectivity index (χ1n) is 13.6. The Morgan fingerprint density at radius 2 is 1.62 bits per heavy atom. The fourth-order valence-electron chi connectivity index (χ4n) is 6.09. The summed E-state index contributed by atoms with van der Waals surface area (Å²) in [5.41, 5.74) is 2.56. The van der Waals surface area contributed by atoms with Gasteiger partial charge in [-0.1, -0.05) is 48.5 Å². The lowest BCUT2D eigenvalue weighted by Crippen LogP contribution is -2.55. The summed E-state index contributed by atoms with van der Waals surface area (Å²) in [7, 11) is 0. The molecule has 5 rings (SSSR count). The molecule has 0 aliphatic carbocycles. The number of hydrogen-bond donors (Lipinski definition) is 2. The predicted molar refractivity (Wildman–Crippen MR) is 144 cm³/mol. The maximum absolute atomic E-state index is 13.7. The number of piperidine rings is 2. The number of amides is 3. The van der Waals surface area contributed by atoms with E-state index in [0.29, 0.717) is 19.5 Å². The van der Waals surface area contributed by atoms with Crippen molar-refractivity contribution in [3.63, 3.8) is 0 Å². The van der Waals surface area contributed by atoms with Gasteiger partial charge < -0.3 is 20.4 Å². The minimum atomic E-state index is -0.589. The van der Waals surface area contributed by atoms with Crippen molar-refractivity contribution in [3.05, 3.63) is 65.7 Å². The van der Waals surface area contributed by atoms with Gasteiger partial charge in [-0.2, -0.15) is 0 Å². The lowest BCUT2D eigenvalue weighted by atomic mass is 9.86. The summed E-state index contributed by atoms with van der Waals surface area (Å²) in [6.45, 7) is 6.79. The van der Waals surface area contributed by atoms with Crippen molar-refractivity contribution in [2.45, 2.75) is 63.5 Å². The molecule has 7 nitrogen and oxygen atoms in total. The predicted octanol–water partition coefficient (Wildman–Crippen LogP) is 3.03. The Morgan fingerprint density at radius 1 is 0.973 bits per heavy atom. The highest BCUT2D eigenvalue weighted by molar-refractivity contribution is 6.08. The van der Waals surface area contributed by atoms with Crippen molar-refractivity contribution < 1.29 is 14.4 Å². The Hall–Kier alpha value is -3.19. The molecule has 3 aliphatic rings. The van der Waals surface area contributed by atoms with Gasteiger partial charge in [-0.05, 0) is 69.8 Å². The van der Waals surface area contributed by atoms with Gasteiger partial charge in [0, 0.05) is 37.2 Å². The van der Waals surface area contributed by atoms with Crippen LogP contribution >= 0.6 is 0 Å². The molecule has 1 atom stereocenters. The average Bonchev–Trinajstić information content (AvgIpc) is 3.14. The molecule has 2 saturated heterocycles. The number of carbonyl (C=O) groups excluding carboxylic acids is 3. The molecule has 3 amide bonds. The average molecular weight is 503 g/mol. The standard InChI is InChI=1S/C30H38N4O3/c1-30(2)24-10-6-7-11-26(24)34(29(30)37)23-14-18-33(19-15-23)28(36)25(20-21-8-4-3-5-9-21)32-27(35)22-12-16-31-17-13-22/h3-11,22-23,25,31H,12-20H2,1-2H3,(H,32,35)/t25-/m0/s1. The summed E-state index contributed by atoms with van der Waals surface area (Å²) in [6, 6.07) is 17.4. The molecule has 7 heteroatoms. The quantitative estimate of drug-likeness (QED) is 0.636. The molecule has 0 bridgehead atoms. The van der Waals surface area contributed by atoms with E-state index in [9.17, 15) is 14.4 Å². The molecular formula is C30H38N4O3. The fraction of sp³-hybridized carbons (Fsp3) is 0.500. The maximum atomic E-state index is 13.7. The monoisotopic (exact) mass is 502 g/mol. The molecule has 0 aromatic heterocycles. The van der Waals surface area contributed by atoms with Crippen LogP contribution in [0.5, 0.6) is 0 Å². The van der Waals surface area contributed by atoms with Gasteiger partial charge in [-0.15, -0.1) is 0 Å². The Kier molecular flexibility index (Phi) is 7.33. The third-order valence-corrected chi connectivity index (χ3v) is 8.34. The molecule has 196 valence electrons. The van der Waals surface area contributed by atoms with Crippen LogP contribution in [-0.2, 0) is 26.2 Å². The number of para-hydroxylation sites is 1. The summed E-state index contributed by atoms with van der Waals surface area (Å²) in [5, 5.41) is 6.40. The molecule has 0 spiro atoms. The molecular weight excluding hydrogens is 464 g/mol. The number of anilines is 1. The normalized spacial score (nSPS) is 21.0. The van der Waals surface area contributed by atoms with Gasteiger partial charge in [-0.3, -0.25) is 14.4 Å². The molecule has 3 aliphatic heterocycles. The first-order valence-corrected chi connectivity index (χ1v) is 13.6. The number of benzene rings is 2. The second kappa shape index (κ2) is 10.7. The third kappa shape index (κ3) is 5.14. The number of nitrogens with one attached hydrogen (secondary N) is 2. The smallest absolute Gasteiger partial charge is 0.245 e. The van der Waals surface area contributed by atoms with Gasteiger partial charge in [0.2, 0.25) is 17.7 Å². The largest absolute Gasteiger partial charge is 0.344 e. The van der Waals surface area contributed by atoms with Crippen LogP contribution in [0.25, 0.3) is 0 Å². The highest BCUT2D eigenvalue weighted by atomic mass is 16.2. The molecule has 2 fully saturated rings. The fourth-order valence-corrected chi connectivity index (χ4v) is 6.09. The van der Waals surface area contributed by atoms with Gasteiger partial charge in [-0.25, -0.2) is 0 Å². The Balaban J connectivity index is 1.27. The molecule has 2 N–H and O–H groups in total. The minimum Gasteiger partial charge on any atom is -0.344 e. The van der Waals surface area contributed by atoms with E-state index in [0.717, 1.165) is 55.6 Å². The van der Waals surface area contributed by atoms with Gasteiger partial charge >= 0.3 is 0 Å². The zero-order chi connectivity index (χ0) is 26.0. The second-order valence-corrected chi connectivity index (χ2v) is 11.1. The van der Waals surface area contributed by atoms with Gasteiger partial charge in [0.05, 0.1) is 5.41 Å². The Morgan fingerprint density at radius 3 is 2.32 bits per heavy atom. The van der Waals surface area contributed by atoms with Crippen molar-refractivity contribution in [1.29, 1.82) is 0 Å². The van der Waals surface area contributed by atoms with Gasteiger partial charge in [0.15, 0.2) is 0 Å². The molecule has 0 saturated carbocycles. The van der Waals surface area contributed by atoms with E-state index in [1.165, 1.54) is 0 Å². The van der Waals surface area contributed by atoms with E-state index in [1.54, 1.807) is 0 Å². The van der Waals surface area contributed by atoms with Crippen molar-refractivity contribution in [3.8, 4) is 0 Å². The second-order valence-electron chi connectivity index (χ2n) is 11.1. The molecule has 3 heterocycles. The molecule has 2 aromatic carbocycles. The molecule has 37 heavy (non-hydrogen) atoms. The lowest BCUT2D eigenvalue weighted by molar-refractivity contribution is -0.138. The zero-order valence-corrected chi connectivity index (χ0v) is 21.9. The summed E-state index contributed by atoms with van der Waals surface area (Å²) >= 11 is 0. The molecule has 0 radical (unpaired) electrons. The number of likely N-dealkylation sites (tertiary alicyclic amines) is 1. The number of carbonyl (C=O) groups is 3. The van der Waals surface area contributed by atoms with Crippen LogP contribution in [0.3, 0.4) is 0 Å².